The first-order valence-corrected chi connectivity index (χ1v) is 8.31. The second kappa shape index (κ2) is 9.73. The molecule has 1 aliphatic rings. The molecule has 4 heteroatoms. The number of carbonyl (C=O) groups is 1. The average Bonchev–Trinajstić information content (AvgIpc) is 2.99. The third kappa shape index (κ3) is 5.88. The molecule has 1 aromatic rings. The van der Waals surface area contributed by atoms with Crippen LogP contribution in [-0.4, -0.2) is 12.5 Å². The van der Waals surface area contributed by atoms with Gasteiger partial charge in [-0.15, -0.1) is 12.4 Å². The van der Waals surface area contributed by atoms with Crippen molar-refractivity contribution in [2.75, 3.05) is 12.3 Å². The molecule has 1 fully saturated rings. The Hall–Kier alpha value is -1.22. The van der Waals surface area contributed by atoms with Crippen molar-refractivity contribution in [1.29, 1.82) is 0 Å². The quantitative estimate of drug-likeness (QED) is 0.746. The molecule has 1 saturated carbocycles. The maximum absolute atomic E-state index is 12.3. The Morgan fingerprint density at radius 1 is 1.27 bits per heavy atom. The minimum Gasteiger partial charge on any atom is -0.399 e. The number of halogens is 1. The molecule has 3 nitrogen and oxygen atoms in total. The van der Waals surface area contributed by atoms with Crippen molar-refractivity contribution in [2.24, 2.45) is 11.8 Å². The minimum atomic E-state index is 0. The fraction of sp³-hybridized carbons (Fsp3) is 0.611. The Morgan fingerprint density at radius 2 is 1.91 bits per heavy atom. The minimum absolute atomic E-state index is 0. The number of carbonyl (C=O) groups excluding carboxylic acids is 1. The van der Waals surface area contributed by atoms with Gasteiger partial charge in [0.1, 0.15) is 0 Å². The Kier molecular flexibility index (Phi) is 8.32. The highest BCUT2D eigenvalue weighted by atomic mass is 35.5. The van der Waals surface area contributed by atoms with E-state index < -0.39 is 0 Å². The van der Waals surface area contributed by atoms with Gasteiger partial charge < -0.3 is 11.1 Å². The number of benzene rings is 1. The summed E-state index contributed by atoms with van der Waals surface area (Å²) in [6.07, 6.45) is 8.21. The first-order chi connectivity index (χ1) is 10.2. The Morgan fingerprint density at radius 3 is 2.50 bits per heavy atom. The van der Waals surface area contributed by atoms with Crippen molar-refractivity contribution in [2.45, 2.75) is 51.9 Å². The number of amides is 1. The van der Waals surface area contributed by atoms with Gasteiger partial charge in [0, 0.05) is 18.2 Å². The van der Waals surface area contributed by atoms with E-state index in [2.05, 4.69) is 12.2 Å². The molecule has 3 N–H and O–H groups in total. The summed E-state index contributed by atoms with van der Waals surface area (Å²) in [5.41, 5.74) is 7.67. The van der Waals surface area contributed by atoms with Crippen LogP contribution in [0.25, 0.3) is 0 Å². The summed E-state index contributed by atoms with van der Waals surface area (Å²) in [6.45, 7) is 2.84. The maximum atomic E-state index is 12.3. The number of nitrogen functional groups attached to an aromatic ring is 1. The van der Waals surface area contributed by atoms with Gasteiger partial charge in [-0.3, -0.25) is 4.79 Å². The number of rotatable bonds is 7. The third-order valence-corrected chi connectivity index (χ3v) is 4.65. The van der Waals surface area contributed by atoms with E-state index >= 15 is 0 Å². The van der Waals surface area contributed by atoms with Gasteiger partial charge in [-0.2, -0.15) is 0 Å². The topological polar surface area (TPSA) is 55.1 Å². The molecule has 0 saturated heterocycles. The van der Waals surface area contributed by atoms with Crippen molar-refractivity contribution in [3.63, 3.8) is 0 Å². The standard InChI is InChI=1S/C18H28N2O.ClH/c1-2-16(13-15-5-3-4-6-15)18(21)20-12-11-14-7-9-17(19)10-8-14;/h7-10,15-16H,2-6,11-13,19H2,1H3,(H,20,21);1H. The summed E-state index contributed by atoms with van der Waals surface area (Å²) in [5, 5.41) is 3.10. The average molecular weight is 325 g/mol. The van der Waals surface area contributed by atoms with E-state index in [1.807, 2.05) is 24.3 Å². The highest BCUT2D eigenvalue weighted by Crippen LogP contribution is 2.31. The van der Waals surface area contributed by atoms with Crippen LogP contribution in [0.15, 0.2) is 24.3 Å². The third-order valence-electron chi connectivity index (χ3n) is 4.65. The molecule has 0 radical (unpaired) electrons. The number of nitrogens with one attached hydrogen (secondary N) is 1. The zero-order valence-corrected chi connectivity index (χ0v) is 14.3. The lowest BCUT2D eigenvalue weighted by Gasteiger charge is -2.18. The monoisotopic (exact) mass is 324 g/mol. The molecule has 1 atom stereocenters. The number of hydrogen-bond acceptors (Lipinski definition) is 2. The molecule has 1 aromatic carbocycles. The molecule has 0 heterocycles. The second-order valence-corrected chi connectivity index (χ2v) is 6.27. The summed E-state index contributed by atoms with van der Waals surface area (Å²) >= 11 is 0. The highest BCUT2D eigenvalue weighted by molar-refractivity contribution is 5.85. The number of nitrogens with two attached hydrogens (primary N) is 1. The van der Waals surface area contributed by atoms with Gasteiger partial charge in [0.25, 0.3) is 0 Å². The smallest absolute Gasteiger partial charge is 0.223 e. The predicted molar refractivity (Wildman–Crippen MR) is 95.2 cm³/mol. The van der Waals surface area contributed by atoms with Crippen molar-refractivity contribution < 1.29 is 4.79 Å². The van der Waals surface area contributed by atoms with Gasteiger partial charge >= 0.3 is 0 Å². The fourth-order valence-corrected chi connectivity index (χ4v) is 3.27. The van der Waals surface area contributed by atoms with Crippen LogP contribution >= 0.6 is 12.4 Å². The van der Waals surface area contributed by atoms with Crippen molar-refractivity contribution >= 4 is 24.0 Å². The maximum Gasteiger partial charge on any atom is 0.223 e. The molecule has 1 amide bonds. The molecule has 0 aliphatic heterocycles. The molecular formula is C18H29ClN2O. The molecule has 124 valence electrons. The molecule has 1 aliphatic carbocycles. The second-order valence-electron chi connectivity index (χ2n) is 6.27. The van der Waals surface area contributed by atoms with Crippen molar-refractivity contribution in [1.82, 2.24) is 5.32 Å². The van der Waals surface area contributed by atoms with E-state index in [0.717, 1.165) is 30.9 Å². The SMILES string of the molecule is CCC(CC1CCCC1)C(=O)NCCc1ccc(N)cc1.Cl. The van der Waals surface area contributed by atoms with Crippen molar-refractivity contribution in [3.8, 4) is 0 Å². The summed E-state index contributed by atoms with van der Waals surface area (Å²) in [6, 6.07) is 7.87. The number of hydrogen-bond donors (Lipinski definition) is 2. The summed E-state index contributed by atoms with van der Waals surface area (Å²) in [4.78, 5) is 12.3. The molecule has 0 spiro atoms. The molecule has 0 bridgehead atoms. The lowest BCUT2D eigenvalue weighted by molar-refractivity contribution is -0.125. The molecule has 22 heavy (non-hydrogen) atoms. The van der Waals surface area contributed by atoms with Crippen LogP contribution in [0, 0.1) is 11.8 Å². The zero-order chi connectivity index (χ0) is 15.1. The summed E-state index contributed by atoms with van der Waals surface area (Å²) < 4.78 is 0. The van der Waals surface area contributed by atoms with Gasteiger partial charge in [0.15, 0.2) is 0 Å². The van der Waals surface area contributed by atoms with Crippen LogP contribution in [0.3, 0.4) is 0 Å². The zero-order valence-electron chi connectivity index (χ0n) is 13.5. The largest absolute Gasteiger partial charge is 0.399 e. The van der Waals surface area contributed by atoms with Crippen LogP contribution < -0.4 is 11.1 Å². The first kappa shape index (κ1) is 18.8. The van der Waals surface area contributed by atoms with Crippen LogP contribution in [0.2, 0.25) is 0 Å². The van der Waals surface area contributed by atoms with E-state index in [-0.39, 0.29) is 24.2 Å². The van der Waals surface area contributed by atoms with E-state index in [4.69, 9.17) is 5.73 Å². The summed E-state index contributed by atoms with van der Waals surface area (Å²) in [7, 11) is 0. The Bertz CT molecular complexity index is 441. The molecular weight excluding hydrogens is 296 g/mol. The van der Waals surface area contributed by atoms with Gasteiger partial charge in [0.2, 0.25) is 5.91 Å². The van der Waals surface area contributed by atoms with Crippen LogP contribution in [0.1, 0.15) is 51.0 Å². The van der Waals surface area contributed by atoms with Crippen LogP contribution in [0.5, 0.6) is 0 Å². The van der Waals surface area contributed by atoms with Crippen molar-refractivity contribution in [3.05, 3.63) is 29.8 Å². The van der Waals surface area contributed by atoms with Gasteiger partial charge in [-0.1, -0.05) is 44.7 Å². The first-order valence-electron chi connectivity index (χ1n) is 8.31. The van der Waals surface area contributed by atoms with Crippen LogP contribution in [0.4, 0.5) is 5.69 Å². The Balaban J connectivity index is 0.00000242. The predicted octanol–water partition coefficient (Wildman–Crippen LogP) is 3.96. The van der Waals surface area contributed by atoms with E-state index in [1.54, 1.807) is 0 Å². The fourth-order valence-electron chi connectivity index (χ4n) is 3.27. The van der Waals surface area contributed by atoms with E-state index in [1.165, 1.54) is 31.2 Å². The van der Waals surface area contributed by atoms with Crippen LogP contribution in [-0.2, 0) is 11.2 Å². The molecule has 2 rings (SSSR count). The van der Waals surface area contributed by atoms with Gasteiger partial charge in [-0.25, -0.2) is 0 Å². The normalized spacial score (nSPS) is 16.0. The van der Waals surface area contributed by atoms with Gasteiger partial charge in [-0.05, 0) is 42.9 Å². The van der Waals surface area contributed by atoms with E-state index in [9.17, 15) is 4.79 Å². The lowest BCUT2D eigenvalue weighted by Crippen LogP contribution is -2.32. The number of anilines is 1. The Labute approximate surface area is 140 Å². The van der Waals surface area contributed by atoms with E-state index in [0.29, 0.717) is 6.54 Å². The molecule has 0 aromatic heterocycles. The lowest BCUT2D eigenvalue weighted by atomic mass is 9.91. The van der Waals surface area contributed by atoms with Gasteiger partial charge in [0.05, 0.1) is 0 Å². The summed E-state index contributed by atoms with van der Waals surface area (Å²) in [5.74, 6) is 1.21. The highest BCUT2D eigenvalue weighted by Gasteiger charge is 2.23. The molecule has 1 unspecified atom stereocenters.